The van der Waals surface area contributed by atoms with E-state index in [1.807, 2.05) is 4.68 Å². The van der Waals surface area contributed by atoms with Gasteiger partial charge >= 0.3 is 0 Å². The molecule has 0 atom stereocenters. The Bertz CT molecular complexity index is 407. The Morgan fingerprint density at radius 2 is 2.28 bits per heavy atom. The number of rotatable bonds is 4. The lowest BCUT2D eigenvalue weighted by molar-refractivity contribution is 0.191. The summed E-state index contributed by atoms with van der Waals surface area (Å²) in [6.45, 7) is 5.60. The van der Waals surface area contributed by atoms with Crippen LogP contribution in [0, 0.1) is 5.92 Å². The fourth-order valence-electron chi connectivity index (χ4n) is 2.34. The van der Waals surface area contributed by atoms with Crippen LogP contribution >= 0.6 is 0 Å². The number of nitrogens with two attached hydrogens (primary N) is 1. The van der Waals surface area contributed by atoms with Gasteiger partial charge < -0.3 is 10.9 Å². The highest BCUT2D eigenvalue weighted by atomic mass is 16.4. The van der Waals surface area contributed by atoms with E-state index in [4.69, 9.17) is 10.9 Å². The van der Waals surface area contributed by atoms with Gasteiger partial charge in [0.25, 0.3) is 0 Å². The molecule has 0 amide bonds. The molecule has 1 aromatic rings. The van der Waals surface area contributed by atoms with Crippen molar-refractivity contribution in [2.75, 3.05) is 13.1 Å². The third-order valence-electron chi connectivity index (χ3n) is 3.48. The summed E-state index contributed by atoms with van der Waals surface area (Å²) in [6.07, 6.45) is 3.45. The molecular weight excluding hydrogens is 232 g/mol. The molecule has 7 heteroatoms. The van der Waals surface area contributed by atoms with Gasteiger partial charge in [-0.1, -0.05) is 5.16 Å². The van der Waals surface area contributed by atoms with Crippen molar-refractivity contribution in [1.82, 2.24) is 19.7 Å². The van der Waals surface area contributed by atoms with Crippen LogP contribution < -0.4 is 5.73 Å². The molecule has 7 nitrogen and oxygen atoms in total. The Kier molecular flexibility index (Phi) is 4.14. The standard InChI is InChI=1S/C11H20N6O/c1-2-17-10(13-8-14-17)7-16-5-3-9(4-6-16)11(12)15-18/h8-9,18H,2-7H2,1H3,(H2,12,15). The van der Waals surface area contributed by atoms with Crippen molar-refractivity contribution in [1.29, 1.82) is 0 Å². The molecule has 0 bridgehead atoms. The molecule has 0 radical (unpaired) electrons. The smallest absolute Gasteiger partial charge is 0.142 e. The van der Waals surface area contributed by atoms with Gasteiger partial charge in [-0.05, 0) is 32.9 Å². The first kappa shape index (κ1) is 12.8. The Labute approximate surface area is 106 Å². The molecule has 0 saturated carbocycles. The number of oxime groups is 1. The first-order valence-electron chi connectivity index (χ1n) is 6.31. The first-order valence-corrected chi connectivity index (χ1v) is 6.31. The third-order valence-corrected chi connectivity index (χ3v) is 3.48. The summed E-state index contributed by atoms with van der Waals surface area (Å²) in [6, 6.07) is 0. The van der Waals surface area contributed by atoms with Gasteiger partial charge in [0, 0.05) is 12.5 Å². The summed E-state index contributed by atoms with van der Waals surface area (Å²) < 4.78 is 1.91. The minimum absolute atomic E-state index is 0.204. The van der Waals surface area contributed by atoms with E-state index in [1.54, 1.807) is 6.33 Å². The van der Waals surface area contributed by atoms with Crippen molar-refractivity contribution in [3.63, 3.8) is 0 Å². The predicted molar refractivity (Wildman–Crippen MR) is 67.1 cm³/mol. The second-order valence-corrected chi connectivity index (χ2v) is 4.57. The summed E-state index contributed by atoms with van der Waals surface area (Å²) >= 11 is 0. The molecule has 1 aromatic heterocycles. The lowest BCUT2D eigenvalue weighted by atomic mass is 9.96. The predicted octanol–water partition coefficient (Wildman–Crippen LogP) is 0.256. The van der Waals surface area contributed by atoms with Crippen LogP contribution in [0.25, 0.3) is 0 Å². The fourth-order valence-corrected chi connectivity index (χ4v) is 2.34. The zero-order valence-corrected chi connectivity index (χ0v) is 10.7. The van der Waals surface area contributed by atoms with Crippen LogP contribution in [0.1, 0.15) is 25.6 Å². The van der Waals surface area contributed by atoms with E-state index in [0.717, 1.165) is 44.8 Å². The Morgan fingerprint density at radius 3 is 2.89 bits per heavy atom. The number of piperidine rings is 1. The zero-order chi connectivity index (χ0) is 13.0. The molecule has 1 fully saturated rings. The zero-order valence-electron chi connectivity index (χ0n) is 10.7. The summed E-state index contributed by atoms with van der Waals surface area (Å²) in [4.78, 5) is 6.60. The van der Waals surface area contributed by atoms with Crippen LogP contribution in [0.15, 0.2) is 11.5 Å². The SMILES string of the molecule is CCn1ncnc1CN1CCC(C(N)=NO)CC1. The fraction of sp³-hybridized carbons (Fsp3) is 0.727. The molecule has 2 rings (SSSR count). The molecule has 18 heavy (non-hydrogen) atoms. The molecule has 0 aromatic carbocycles. The first-order chi connectivity index (χ1) is 8.74. The second kappa shape index (κ2) is 5.81. The Balaban J connectivity index is 1.87. The van der Waals surface area contributed by atoms with Crippen molar-refractivity contribution in [2.24, 2.45) is 16.8 Å². The highest BCUT2D eigenvalue weighted by Gasteiger charge is 2.23. The third kappa shape index (κ3) is 2.79. The quantitative estimate of drug-likeness (QED) is 0.347. The minimum atomic E-state index is 0.204. The normalized spacial score (nSPS) is 19.3. The van der Waals surface area contributed by atoms with Gasteiger partial charge in [-0.15, -0.1) is 0 Å². The molecule has 1 aliphatic rings. The number of hydrogen-bond acceptors (Lipinski definition) is 5. The van der Waals surface area contributed by atoms with Gasteiger partial charge in [0.2, 0.25) is 0 Å². The maximum atomic E-state index is 8.66. The Morgan fingerprint density at radius 1 is 1.56 bits per heavy atom. The van der Waals surface area contributed by atoms with Crippen LogP contribution in [0.4, 0.5) is 0 Å². The number of nitrogens with zero attached hydrogens (tertiary/aromatic N) is 5. The van der Waals surface area contributed by atoms with E-state index < -0.39 is 0 Å². The van der Waals surface area contributed by atoms with Crippen LogP contribution in [0.3, 0.4) is 0 Å². The van der Waals surface area contributed by atoms with Crippen LogP contribution in [0.2, 0.25) is 0 Å². The minimum Gasteiger partial charge on any atom is -0.409 e. The lowest BCUT2D eigenvalue weighted by Gasteiger charge is -2.30. The topological polar surface area (TPSA) is 92.6 Å². The summed E-state index contributed by atoms with van der Waals surface area (Å²) in [5.74, 6) is 1.56. The average Bonchev–Trinajstić information content (AvgIpc) is 2.86. The molecule has 1 aliphatic heterocycles. The van der Waals surface area contributed by atoms with Crippen LogP contribution in [0.5, 0.6) is 0 Å². The molecule has 100 valence electrons. The monoisotopic (exact) mass is 252 g/mol. The van der Waals surface area contributed by atoms with Gasteiger partial charge in [0.15, 0.2) is 0 Å². The number of likely N-dealkylation sites (tertiary alicyclic amines) is 1. The number of amidine groups is 1. The Hall–Kier alpha value is -1.63. The van der Waals surface area contributed by atoms with Gasteiger partial charge in [-0.3, -0.25) is 4.90 Å². The largest absolute Gasteiger partial charge is 0.409 e. The van der Waals surface area contributed by atoms with E-state index in [1.165, 1.54) is 0 Å². The number of hydrogen-bond donors (Lipinski definition) is 2. The van der Waals surface area contributed by atoms with Crippen molar-refractivity contribution in [3.8, 4) is 0 Å². The second-order valence-electron chi connectivity index (χ2n) is 4.57. The van der Waals surface area contributed by atoms with Gasteiger partial charge in [0.1, 0.15) is 18.0 Å². The summed E-state index contributed by atoms with van der Waals surface area (Å²) in [5, 5.41) is 15.9. The van der Waals surface area contributed by atoms with E-state index in [0.29, 0.717) is 5.84 Å². The number of aromatic nitrogens is 3. The van der Waals surface area contributed by atoms with E-state index in [9.17, 15) is 0 Å². The molecule has 0 unspecified atom stereocenters. The maximum absolute atomic E-state index is 8.66. The summed E-state index contributed by atoms with van der Waals surface area (Å²) in [7, 11) is 0. The van der Waals surface area contributed by atoms with Gasteiger partial charge in [0.05, 0.1) is 6.54 Å². The van der Waals surface area contributed by atoms with Crippen LogP contribution in [-0.2, 0) is 13.1 Å². The maximum Gasteiger partial charge on any atom is 0.142 e. The average molecular weight is 252 g/mol. The molecule has 1 saturated heterocycles. The van der Waals surface area contributed by atoms with Gasteiger partial charge in [-0.2, -0.15) is 5.10 Å². The van der Waals surface area contributed by atoms with Crippen LogP contribution in [-0.4, -0.2) is 43.8 Å². The van der Waals surface area contributed by atoms with Crippen molar-refractivity contribution in [2.45, 2.75) is 32.9 Å². The molecule has 0 spiro atoms. The van der Waals surface area contributed by atoms with Crippen molar-refractivity contribution in [3.05, 3.63) is 12.2 Å². The molecule has 2 heterocycles. The number of aryl methyl sites for hydroxylation is 1. The lowest BCUT2D eigenvalue weighted by Crippen LogP contribution is -2.38. The molecule has 0 aliphatic carbocycles. The van der Waals surface area contributed by atoms with Gasteiger partial charge in [-0.25, -0.2) is 9.67 Å². The van der Waals surface area contributed by atoms with E-state index >= 15 is 0 Å². The summed E-state index contributed by atoms with van der Waals surface area (Å²) in [5.41, 5.74) is 5.63. The molecular formula is C11H20N6O. The molecule has 3 N–H and O–H groups in total. The highest BCUT2D eigenvalue weighted by molar-refractivity contribution is 5.82. The van der Waals surface area contributed by atoms with E-state index in [2.05, 4.69) is 27.1 Å². The van der Waals surface area contributed by atoms with Crippen molar-refractivity contribution >= 4 is 5.84 Å². The van der Waals surface area contributed by atoms with Crippen molar-refractivity contribution < 1.29 is 5.21 Å². The van der Waals surface area contributed by atoms with E-state index in [-0.39, 0.29) is 5.92 Å². The highest BCUT2D eigenvalue weighted by Crippen LogP contribution is 2.18.